The Hall–Kier alpha value is -2.59. The lowest BCUT2D eigenvalue weighted by Crippen LogP contribution is -2.23. The molecule has 0 aliphatic carbocycles. The lowest BCUT2D eigenvalue weighted by Gasteiger charge is -2.07. The number of hydrogen-bond donors (Lipinski definition) is 1. The molecular weight excluding hydrogens is 322 g/mol. The molecule has 0 saturated heterocycles. The van der Waals surface area contributed by atoms with Crippen LogP contribution in [0.15, 0.2) is 54.7 Å². The van der Waals surface area contributed by atoms with Crippen LogP contribution in [0.5, 0.6) is 0 Å². The van der Waals surface area contributed by atoms with E-state index in [9.17, 15) is 4.79 Å². The van der Waals surface area contributed by atoms with E-state index in [1.165, 1.54) is 5.56 Å². The van der Waals surface area contributed by atoms with E-state index in [0.717, 1.165) is 16.9 Å². The van der Waals surface area contributed by atoms with Crippen molar-refractivity contribution in [3.8, 4) is 5.69 Å². The van der Waals surface area contributed by atoms with Gasteiger partial charge in [0.25, 0.3) is 5.91 Å². The second-order valence-corrected chi connectivity index (χ2v) is 6.14. The zero-order valence-corrected chi connectivity index (χ0v) is 14.3. The number of amides is 1. The first kappa shape index (κ1) is 16.3. The van der Waals surface area contributed by atoms with E-state index in [2.05, 4.69) is 10.4 Å². The summed E-state index contributed by atoms with van der Waals surface area (Å²) >= 11 is 6.02. The molecule has 1 heterocycles. The molecule has 1 amide bonds. The normalized spacial score (nSPS) is 10.6. The molecule has 3 aromatic rings. The summed E-state index contributed by atoms with van der Waals surface area (Å²) < 4.78 is 1.71. The summed E-state index contributed by atoms with van der Waals surface area (Å²) in [5.41, 5.74) is 4.43. The van der Waals surface area contributed by atoms with Crippen LogP contribution in [0.1, 0.15) is 27.2 Å². The van der Waals surface area contributed by atoms with E-state index in [0.29, 0.717) is 17.1 Å². The molecule has 4 nitrogen and oxygen atoms in total. The molecule has 0 fully saturated rings. The number of aromatic nitrogens is 2. The van der Waals surface area contributed by atoms with Crippen LogP contribution < -0.4 is 5.32 Å². The highest BCUT2D eigenvalue weighted by molar-refractivity contribution is 6.30. The molecule has 0 aliphatic heterocycles. The molecule has 0 spiro atoms. The van der Waals surface area contributed by atoms with Gasteiger partial charge >= 0.3 is 0 Å². The van der Waals surface area contributed by atoms with Crippen LogP contribution in [0.3, 0.4) is 0 Å². The molecule has 0 bridgehead atoms. The maximum absolute atomic E-state index is 12.4. The molecular formula is C19H18ClN3O. The van der Waals surface area contributed by atoms with E-state index in [1.54, 1.807) is 16.9 Å². The number of hydrogen-bond acceptors (Lipinski definition) is 2. The van der Waals surface area contributed by atoms with E-state index >= 15 is 0 Å². The van der Waals surface area contributed by atoms with Gasteiger partial charge in [0.2, 0.25) is 0 Å². The number of benzene rings is 2. The molecule has 1 aromatic heterocycles. The number of carbonyl (C=O) groups excluding carboxylic acids is 1. The number of carbonyl (C=O) groups is 1. The Morgan fingerprint density at radius 2 is 1.92 bits per heavy atom. The minimum atomic E-state index is -0.138. The van der Waals surface area contributed by atoms with Crippen LogP contribution in [0.2, 0.25) is 5.02 Å². The van der Waals surface area contributed by atoms with Crippen LogP contribution >= 0.6 is 11.6 Å². The van der Waals surface area contributed by atoms with Crippen molar-refractivity contribution in [2.45, 2.75) is 20.4 Å². The average Bonchev–Trinajstić information content (AvgIpc) is 2.96. The predicted octanol–water partition coefficient (Wildman–Crippen LogP) is 4.07. The molecule has 0 unspecified atom stereocenters. The molecule has 0 radical (unpaired) electrons. The smallest absolute Gasteiger partial charge is 0.255 e. The van der Waals surface area contributed by atoms with Gasteiger partial charge in [-0.1, -0.05) is 47.5 Å². The van der Waals surface area contributed by atoms with Gasteiger partial charge in [-0.15, -0.1) is 0 Å². The lowest BCUT2D eigenvalue weighted by molar-refractivity contribution is 0.0950. The summed E-state index contributed by atoms with van der Waals surface area (Å²) in [6, 6.07) is 15.5. The van der Waals surface area contributed by atoms with Crippen molar-refractivity contribution in [2.75, 3.05) is 0 Å². The van der Waals surface area contributed by atoms with Crippen molar-refractivity contribution in [3.63, 3.8) is 0 Å². The Morgan fingerprint density at radius 1 is 1.17 bits per heavy atom. The average molecular weight is 340 g/mol. The monoisotopic (exact) mass is 339 g/mol. The molecule has 1 N–H and O–H groups in total. The van der Waals surface area contributed by atoms with Crippen LogP contribution in [0.25, 0.3) is 5.69 Å². The van der Waals surface area contributed by atoms with Crippen molar-refractivity contribution in [3.05, 3.63) is 82.1 Å². The highest BCUT2D eigenvalue weighted by atomic mass is 35.5. The minimum Gasteiger partial charge on any atom is -0.348 e. The van der Waals surface area contributed by atoms with Gasteiger partial charge in [0.05, 0.1) is 23.1 Å². The Kier molecular flexibility index (Phi) is 4.67. The van der Waals surface area contributed by atoms with Crippen molar-refractivity contribution in [2.24, 2.45) is 0 Å². The molecule has 24 heavy (non-hydrogen) atoms. The predicted molar refractivity (Wildman–Crippen MR) is 95.7 cm³/mol. The molecule has 0 atom stereocenters. The fourth-order valence-corrected chi connectivity index (χ4v) is 2.67. The summed E-state index contributed by atoms with van der Waals surface area (Å²) in [6.07, 6.45) is 1.58. The zero-order valence-electron chi connectivity index (χ0n) is 13.6. The molecule has 0 saturated carbocycles. The van der Waals surface area contributed by atoms with Gasteiger partial charge in [0.1, 0.15) is 0 Å². The largest absolute Gasteiger partial charge is 0.348 e. The third-order valence-corrected chi connectivity index (χ3v) is 4.12. The Labute approximate surface area is 146 Å². The van der Waals surface area contributed by atoms with Crippen molar-refractivity contribution in [1.82, 2.24) is 15.1 Å². The maximum Gasteiger partial charge on any atom is 0.255 e. The van der Waals surface area contributed by atoms with E-state index in [4.69, 9.17) is 11.6 Å². The SMILES string of the molecule is Cc1ccc(CNC(=O)c2cnn(-c3cccc(Cl)c3)c2C)cc1. The molecule has 5 heteroatoms. The fraction of sp³-hybridized carbons (Fsp3) is 0.158. The number of nitrogens with one attached hydrogen (secondary N) is 1. The third kappa shape index (κ3) is 3.49. The van der Waals surface area contributed by atoms with Crippen LogP contribution in [-0.4, -0.2) is 15.7 Å². The van der Waals surface area contributed by atoms with E-state index in [1.807, 2.05) is 56.3 Å². The quantitative estimate of drug-likeness (QED) is 0.778. The Bertz CT molecular complexity index is 869. The van der Waals surface area contributed by atoms with Crippen molar-refractivity contribution in [1.29, 1.82) is 0 Å². The van der Waals surface area contributed by atoms with Gasteiger partial charge in [-0.05, 0) is 37.6 Å². The second-order valence-electron chi connectivity index (χ2n) is 5.70. The summed E-state index contributed by atoms with van der Waals surface area (Å²) in [4.78, 5) is 12.4. The number of nitrogens with zero attached hydrogens (tertiary/aromatic N) is 2. The Balaban J connectivity index is 1.75. The molecule has 122 valence electrons. The van der Waals surface area contributed by atoms with Crippen LogP contribution in [0, 0.1) is 13.8 Å². The van der Waals surface area contributed by atoms with Crippen molar-refractivity contribution < 1.29 is 4.79 Å². The van der Waals surface area contributed by atoms with Gasteiger partial charge < -0.3 is 5.32 Å². The van der Waals surface area contributed by atoms with Gasteiger partial charge in [-0.3, -0.25) is 4.79 Å². The Morgan fingerprint density at radius 3 is 2.62 bits per heavy atom. The first-order valence-corrected chi connectivity index (χ1v) is 8.06. The minimum absolute atomic E-state index is 0.138. The van der Waals surface area contributed by atoms with Gasteiger partial charge in [-0.2, -0.15) is 5.10 Å². The molecule has 3 rings (SSSR count). The van der Waals surface area contributed by atoms with Gasteiger partial charge in [0, 0.05) is 11.6 Å². The summed E-state index contributed by atoms with van der Waals surface area (Å²) in [5, 5.41) is 7.88. The van der Waals surface area contributed by atoms with Gasteiger partial charge in [-0.25, -0.2) is 4.68 Å². The summed E-state index contributed by atoms with van der Waals surface area (Å²) in [6.45, 7) is 4.39. The number of aryl methyl sites for hydroxylation is 1. The molecule has 0 aliphatic rings. The maximum atomic E-state index is 12.4. The number of halogens is 1. The van der Waals surface area contributed by atoms with E-state index in [-0.39, 0.29) is 5.91 Å². The first-order valence-electron chi connectivity index (χ1n) is 7.69. The third-order valence-electron chi connectivity index (χ3n) is 3.88. The van der Waals surface area contributed by atoms with Crippen LogP contribution in [-0.2, 0) is 6.54 Å². The molecule has 2 aromatic carbocycles. The van der Waals surface area contributed by atoms with E-state index < -0.39 is 0 Å². The van der Waals surface area contributed by atoms with Gasteiger partial charge in [0.15, 0.2) is 0 Å². The summed E-state index contributed by atoms with van der Waals surface area (Å²) in [7, 11) is 0. The fourth-order valence-electron chi connectivity index (χ4n) is 2.48. The van der Waals surface area contributed by atoms with Crippen molar-refractivity contribution >= 4 is 17.5 Å². The standard InChI is InChI=1S/C19H18ClN3O/c1-13-6-8-15(9-7-13)11-21-19(24)18-12-22-23(14(18)2)17-5-3-4-16(20)10-17/h3-10,12H,11H2,1-2H3,(H,21,24). The first-order chi connectivity index (χ1) is 11.5. The topological polar surface area (TPSA) is 46.9 Å². The lowest BCUT2D eigenvalue weighted by atomic mass is 10.1. The highest BCUT2D eigenvalue weighted by Gasteiger charge is 2.15. The number of rotatable bonds is 4. The zero-order chi connectivity index (χ0) is 17.1. The summed E-state index contributed by atoms with van der Waals surface area (Å²) in [5.74, 6) is -0.138. The van der Waals surface area contributed by atoms with Crippen LogP contribution in [0.4, 0.5) is 0 Å². The second kappa shape index (κ2) is 6.89. The highest BCUT2D eigenvalue weighted by Crippen LogP contribution is 2.18.